The van der Waals surface area contributed by atoms with Gasteiger partial charge in [0, 0.05) is 12.4 Å². The Morgan fingerprint density at radius 1 is 1.36 bits per heavy atom. The molecule has 1 heterocycles. The fraction of sp³-hybridized carbons (Fsp3) is 0.364. The van der Waals surface area contributed by atoms with E-state index in [1.807, 2.05) is 36.1 Å². The lowest BCUT2D eigenvalue weighted by Gasteiger charge is -2.17. The molecule has 0 aliphatic rings. The van der Waals surface area contributed by atoms with Gasteiger partial charge in [-0.15, -0.1) is 0 Å². The number of nitrogens with zero attached hydrogens (tertiary/aromatic N) is 2. The molecule has 2 rings (SSSR count). The summed E-state index contributed by atoms with van der Waals surface area (Å²) in [5, 5.41) is 15.1. The lowest BCUT2D eigenvalue weighted by Crippen LogP contribution is -2.15. The number of fused-ring (bicyclic) bond motifs is 1. The van der Waals surface area contributed by atoms with Gasteiger partial charge in [0.15, 0.2) is 0 Å². The van der Waals surface area contributed by atoms with Crippen molar-refractivity contribution >= 4 is 10.9 Å². The van der Waals surface area contributed by atoms with Gasteiger partial charge in [0.2, 0.25) is 0 Å². The zero-order chi connectivity index (χ0) is 10.3. The van der Waals surface area contributed by atoms with Crippen LogP contribution in [0.15, 0.2) is 24.4 Å². The van der Waals surface area contributed by atoms with Crippen LogP contribution >= 0.6 is 0 Å². The van der Waals surface area contributed by atoms with Gasteiger partial charge >= 0.3 is 0 Å². The van der Waals surface area contributed by atoms with Gasteiger partial charge in [0.25, 0.3) is 0 Å². The molecule has 0 aliphatic carbocycles. The van der Waals surface area contributed by atoms with Crippen LogP contribution in [-0.2, 0) is 12.6 Å². The Labute approximate surface area is 83.0 Å². The highest BCUT2D eigenvalue weighted by atomic mass is 16.3. The van der Waals surface area contributed by atoms with Crippen LogP contribution in [0.5, 0.6) is 0 Å². The van der Waals surface area contributed by atoms with Crippen molar-refractivity contribution in [1.29, 1.82) is 0 Å². The number of aryl methyl sites for hydroxylation is 1. The van der Waals surface area contributed by atoms with E-state index < -0.39 is 5.60 Å². The maximum absolute atomic E-state index is 9.85. The summed E-state index contributed by atoms with van der Waals surface area (Å²) in [6.45, 7) is 3.56. The van der Waals surface area contributed by atoms with Crippen molar-refractivity contribution in [2.24, 2.45) is 7.05 Å². The Kier molecular flexibility index (Phi) is 1.86. The summed E-state index contributed by atoms with van der Waals surface area (Å²) < 4.78 is 1.81. The molecule has 0 unspecified atom stereocenters. The Bertz CT molecular complexity index is 466. The summed E-state index contributed by atoms with van der Waals surface area (Å²) in [5.74, 6) is 0. The molecular formula is C11H14N2O. The van der Waals surface area contributed by atoms with Gasteiger partial charge in [-0.1, -0.05) is 12.1 Å². The lowest BCUT2D eigenvalue weighted by atomic mass is 9.98. The molecule has 2 aromatic rings. The zero-order valence-electron chi connectivity index (χ0n) is 8.65. The van der Waals surface area contributed by atoms with Crippen molar-refractivity contribution in [1.82, 2.24) is 9.78 Å². The van der Waals surface area contributed by atoms with Gasteiger partial charge in [-0.2, -0.15) is 5.10 Å². The molecule has 0 spiro atoms. The molecule has 0 amide bonds. The third-order valence-electron chi connectivity index (χ3n) is 2.46. The quantitative estimate of drug-likeness (QED) is 0.744. The molecule has 0 atom stereocenters. The SMILES string of the molecule is Cn1ncc2ccc(C(C)(C)O)cc21. The molecule has 74 valence electrons. The number of benzene rings is 1. The number of hydrogen-bond donors (Lipinski definition) is 1. The van der Waals surface area contributed by atoms with Gasteiger partial charge in [0.1, 0.15) is 0 Å². The first kappa shape index (κ1) is 9.21. The van der Waals surface area contributed by atoms with Gasteiger partial charge in [-0.3, -0.25) is 4.68 Å². The molecule has 3 heteroatoms. The van der Waals surface area contributed by atoms with Gasteiger partial charge in [0.05, 0.1) is 17.3 Å². The average Bonchev–Trinajstić information content (AvgIpc) is 2.46. The second-order valence-corrected chi connectivity index (χ2v) is 4.10. The molecule has 1 aromatic carbocycles. The fourth-order valence-corrected chi connectivity index (χ4v) is 1.52. The van der Waals surface area contributed by atoms with E-state index in [0.717, 1.165) is 16.5 Å². The molecule has 0 aliphatic heterocycles. The number of aromatic nitrogens is 2. The first-order chi connectivity index (χ1) is 6.48. The maximum Gasteiger partial charge on any atom is 0.0841 e. The van der Waals surface area contributed by atoms with Gasteiger partial charge in [-0.05, 0) is 25.5 Å². The molecule has 3 nitrogen and oxygen atoms in total. The number of aliphatic hydroxyl groups is 1. The van der Waals surface area contributed by atoms with E-state index in [-0.39, 0.29) is 0 Å². The third-order valence-corrected chi connectivity index (χ3v) is 2.46. The van der Waals surface area contributed by atoms with Crippen LogP contribution in [0.2, 0.25) is 0 Å². The Hall–Kier alpha value is -1.35. The maximum atomic E-state index is 9.85. The first-order valence-electron chi connectivity index (χ1n) is 4.63. The van der Waals surface area contributed by atoms with Crippen molar-refractivity contribution < 1.29 is 5.11 Å². The van der Waals surface area contributed by atoms with E-state index in [9.17, 15) is 5.11 Å². The second-order valence-electron chi connectivity index (χ2n) is 4.10. The molecule has 0 bridgehead atoms. The fourth-order valence-electron chi connectivity index (χ4n) is 1.52. The van der Waals surface area contributed by atoms with Crippen molar-refractivity contribution in [2.45, 2.75) is 19.4 Å². The summed E-state index contributed by atoms with van der Waals surface area (Å²) in [6.07, 6.45) is 1.82. The van der Waals surface area contributed by atoms with Crippen LogP contribution in [0.4, 0.5) is 0 Å². The standard InChI is InChI=1S/C11H14N2O/c1-11(2,14)9-5-4-8-7-12-13(3)10(8)6-9/h4-7,14H,1-3H3. The first-order valence-corrected chi connectivity index (χ1v) is 4.63. The minimum atomic E-state index is -0.793. The van der Waals surface area contributed by atoms with Crippen molar-refractivity contribution in [2.75, 3.05) is 0 Å². The molecule has 14 heavy (non-hydrogen) atoms. The van der Waals surface area contributed by atoms with E-state index in [0.29, 0.717) is 0 Å². The Balaban J connectivity index is 2.66. The summed E-state index contributed by atoms with van der Waals surface area (Å²) in [5.41, 5.74) is 1.16. The minimum Gasteiger partial charge on any atom is -0.386 e. The van der Waals surface area contributed by atoms with Crippen LogP contribution in [-0.4, -0.2) is 14.9 Å². The number of rotatable bonds is 1. The van der Waals surface area contributed by atoms with Crippen LogP contribution in [0, 0.1) is 0 Å². The van der Waals surface area contributed by atoms with Crippen molar-refractivity contribution in [3.8, 4) is 0 Å². The molecule has 0 fully saturated rings. The number of hydrogen-bond acceptors (Lipinski definition) is 2. The third kappa shape index (κ3) is 1.40. The van der Waals surface area contributed by atoms with Gasteiger partial charge < -0.3 is 5.11 Å². The van der Waals surface area contributed by atoms with Crippen molar-refractivity contribution in [3.05, 3.63) is 30.0 Å². The van der Waals surface area contributed by atoms with Crippen LogP contribution in [0.3, 0.4) is 0 Å². The molecule has 1 aromatic heterocycles. The Morgan fingerprint density at radius 3 is 2.71 bits per heavy atom. The smallest absolute Gasteiger partial charge is 0.0841 e. The molecular weight excluding hydrogens is 176 g/mol. The summed E-state index contributed by atoms with van der Waals surface area (Å²) in [6, 6.07) is 5.89. The normalized spacial score (nSPS) is 12.3. The minimum absolute atomic E-state index is 0.793. The highest BCUT2D eigenvalue weighted by Gasteiger charge is 2.16. The molecule has 1 N–H and O–H groups in total. The summed E-state index contributed by atoms with van der Waals surface area (Å²) >= 11 is 0. The van der Waals surface area contributed by atoms with E-state index in [2.05, 4.69) is 5.10 Å². The highest BCUT2D eigenvalue weighted by molar-refractivity contribution is 5.79. The summed E-state index contributed by atoms with van der Waals surface area (Å²) in [4.78, 5) is 0. The van der Waals surface area contributed by atoms with Crippen molar-refractivity contribution in [3.63, 3.8) is 0 Å². The zero-order valence-corrected chi connectivity index (χ0v) is 8.65. The largest absolute Gasteiger partial charge is 0.386 e. The predicted octanol–water partition coefficient (Wildman–Crippen LogP) is 1.80. The molecule has 0 saturated heterocycles. The monoisotopic (exact) mass is 190 g/mol. The average molecular weight is 190 g/mol. The Morgan fingerprint density at radius 2 is 2.07 bits per heavy atom. The predicted molar refractivity (Wildman–Crippen MR) is 56.0 cm³/mol. The lowest BCUT2D eigenvalue weighted by molar-refractivity contribution is 0.0787. The topological polar surface area (TPSA) is 38.0 Å². The van der Waals surface area contributed by atoms with E-state index in [1.165, 1.54) is 0 Å². The highest BCUT2D eigenvalue weighted by Crippen LogP contribution is 2.23. The van der Waals surface area contributed by atoms with Gasteiger partial charge in [-0.25, -0.2) is 0 Å². The molecule has 0 radical (unpaired) electrons. The van der Waals surface area contributed by atoms with E-state index >= 15 is 0 Å². The van der Waals surface area contributed by atoms with Crippen LogP contribution in [0.1, 0.15) is 19.4 Å². The van der Waals surface area contributed by atoms with Crippen LogP contribution < -0.4 is 0 Å². The van der Waals surface area contributed by atoms with E-state index in [1.54, 1.807) is 13.8 Å². The summed E-state index contributed by atoms with van der Waals surface area (Å²) in [7, 11) is 1.90. The second kappa shape index (κ2) is 2.82. The van der Waals surface area contributed by atoms with E-state index in [4.69, 9.17) is 0 Å². The van der Waals surface area contributed by atoms with Crippen LogP contribution in [0.25, 0.3) is 10.9 Å². The molecule has 0 saturated carbocycles.